The lowest BCUT2D eigenvalue weighted by Gasteiger charge is -2.57. The summed E-state index contributed by atoms with van der Waals surface area (Å²) in [4.78, 5) is 25.1. The zero-order chi connectivity index (χ0) is 18.9. The van der Waals surface area contributed by atoms with Crippen LogP contribution >= 0.6 is 0 Å². The fraction of sp³-hybridized carbons (Fsp3) is 0.714. The number of Topliss-reactive ketones (excluding diaryl/α,β-unsaturated/α-hetero) is 1. The van der Waals surface area contributed by atoms with Crippen LogP contribution in [0.4, 0.5) is 0 Å². The van der Waals surface area contributed by atoms with Gasteiger partial charge in [-0.25, -0.2) is 0 Å². The van der Waals surface area contributed by atoms with Crippen LogP contribution in [0.15, 0.2) is 23.8 Å². The molecule has 4 aliphatic carbocycles. The zero-order valence-electron chi connectivity index (χ0n) is 15.4. The highest BCUT2D eigenvalue weighted by molar-refractivity contribution is 6.01. The van der Waals surface area contributed by atoms with Crippen molar-refractivity contribution in [3.8, 4) is 0 Å². The molecule has 0 radical (unpaired) electrons. The van der Waals surface area contributed by atoms with Gasteiger partial charge in [-0.3, -0.25) is 9.59 Å². The van der Waals surface area contributed by atoms with Gasteiger partial charge in [0.25, 0.3) is 0 Å². The standard InChI is InChI=1S/C21H28O5/c1-19-7-5-13(23)9-12(19)3-4-14-15-6-8-21(26,17(25)11-22)20(15,2)10-16(24)18(14)19/h5,7,9,14-15,17-18,22,25-26H,3-4,6,8,10-11H2,1-2H3/t14-,15-,17-,18+,19+,20+,21-/m1/s1. The maximum atomic E-state index is 13.3. The summed E-state index contributed by atoms with van der Waals surface area (Å²) in [5.74, 6) is 0.164. The van der Waals surface area contributed by atoms with E-state index in [1.165, 1.54) is 0 Å². The number of ketones is 2. The van der Waals surface area contributed by atoms with E-state index in [1.807, 2.05) is 13.0 Å². The van der Waals surface area contributed by atoms with Crippen molar-refractivity contribution in [1.29, 1.82) is 0 Å². The number of carbonyl (C=O) groups excluding carboxylic acids is 2. The highest BCUT2D eigenvalue weighted by Gasteiger charge is 2.67. The van der Waals surface area contributed by atoms with Gasteiger partial charge < -0.3 is 15.3 Å². The molecule has 5 nitrogen and oxygen atoms in total. The third kappa shape index (κ3) is 2.08. The highest BCUT2D eigenvalue weighted by Crippen LogP contribution is 2.66. The van der Waals surface area contributed by atoms with E-state index in [0.717, 1.165) is 24.8 Å². The smallest absolute Gasteiger partial charge is 0.178 e. The van der Waals surface area contributed by atoms with E-state index in [9.17, 15) is 24.9 Å². The van der Waals surface area contributed by atoms with Gasteiger partial charge in [0, 0.05) is 23.2 Å². The van der Waals surface area contributed by atoms with Crippen molar-refractivity contribution in [1.82, 2.24) is 0 Å². The summed E-state index contributed by atoms with van der Waals surface area (Å²) in [6.07, 6.45) is 6.91. The van der Waals surface area contributed by atoms with Gasteiger partial charge >= 0.3 is 0 Å². The molecule has 0 unspecified atom stereocenters. The van der Waals surface area contributed by atoms with Crippen LogP contribution in [0.5, 0.6) is 0 Å². The lowest BCUT2D eigenvalue weighted by molar-refractivity contribution is -0.186. The van der Waals surface area contributed by atoms with Gasteiger partial charge in [-0.1, -0.05) is 25.5 Å². The van der Waals surface area contributed by atoms with Gasteiger partial charge in [-0.05, 0) is 49.7 Å². The molecule has 142 valence electrons. The maximum Gasteiger partial charge on any atom is 0.178 e. The van der Waals surface area contributed by atoms with Gasteiger partial charge in [0.2, 0.25) is 0 Å². The van der Waals surface area contributed by atoms with E-state index < -0.39 is 29.1 Å². The van der Waals surface area contributed by atoms with Crippen molar-refractivity contribution in [3.05, 3.63) is 23.8 Å². The van der Waals surface area contributed by atoms with Crippen molar-refractivity contribution < 1.29 is 24.9 Å². The predicted octanol–water partition coefficient (Wildman–Crippen LogP) is 1.56. The molecule has 0 aromatic heterocycles. The molecule has 4 rings (SSSR count). The van der Waals surface area contributed by atoms with Gasteiger partial charge in [-0.2, -0.15) is 0 Å². The molecular weight excluding hydrogens is 332 g/mol. The highest BCUT2D eigenvalue weighted by atomic mass is 16.4. The Morgan fingerprint density at radius 1 is 1.27 bits per heavy atom. The Kier molecular flexibility index (Phi) is 3.89. The van der Waals surface area contributed by atoms with E-state index in [4.69, 9.17) is 0 Å². The minimum atomic E-state index is -1.43. The second-order valence-electron chi connectivity index (χ2n) is 9.20. The van der Waals surface area contributed by atoms with Gasteiger partial charge in [0.15, 0.2) is 5.78 Å². The van der Waals surface area contributed by atoms with Crippen LogP contribution in [0.1, 0.15) is 46.0 Å². The fourth-order valence-corrected chi connectivity index (χ4v) is 6.76. The molecule has 0 bridgehead atoms. The molecule has 0 aromatic carbocycles. The first-order valence-corrected chi connectivity index (χ1v) is 9.65. The average molecular weight is 360 g/mol. The number of hydrogen-bond donors (Lipinski definition) is 3. The van der Waals surface area contributed by atoms with E-state index in [2.05, 4.69) is 6.92 Å². The van der Waals surface area contributed by atoms with Crippen LogP contribution in [0.3, 0.4) is 0 Å². The second-order valence-corrected chi connectivity index (χ2v) is 9.20. The van der Waals surface area contributed by atoms with Crippen LogP contribution in [0.25, 0.3) is 0 Å². The van der Waals surface area contributed by atoms with Crippen molar-refractivity contribution in [3.63, 3.8) is 0 Å². The van der Waals surface area contributed by atoms with Crippen molar-refractivity contribution >= 4 is 11.6 Å². The molecule has 26 heavy (non-hydrogen) atoms. The molecule has 0 aromatic rings. The molecule has 3 saturated carbocycles. The number of allylic oxidation sites excluding steroid dienone is 4. The number of rotatable bonds is 2. The quantitative estimate of drug-likeness (QED) is 0.695. The Morgan fingerprint density at radius 2 is 2.00 bits per heavy atom. The molecule has 4 aliphatic rings. The van der Waals surface area contributed by atoms with E-state index in [1.54, 1.807) is 12.2 Å². The lowest BCUT2D eigenvalue weighted by atomic mass is 9.46. The SMILES string of the molecule is C[C@]12C=CC(=O)C=C1CC[C@H]1[C@H]2C(=O)C[C@@]2(C)[C@@H]1CC[C@@]2(O)[C@H](O)CO. The summed E-state index contributed by atoms with van der Waals surface area (Å²) >= 11 is 0. The Hall–Kier alpha value is -1.30. The monoisotopic (exact) mass is 360 g/mol. The van der Waals surface area contributed by atoms with Gasteiger partial charge in [-0.15, -0.1) is 0 Å². The average Bonchev–Trinajstić information content (AvgIpc) is 2.86. The van der Waals surface area contributed by atoms with Gasteiger partial charge in [0.05, 0.1) is 12.2 Å². The summed E-state index contributed by atoms with van der Waals surface area (Å²) in [5, 5.41) is 31.0. The Bertz CT molecular complexity index is 724. The third-order valence-electron chi connectivity index (χ3n) is 8.20. The molecule has 7 atom stereocenters. The summed E-state index contributed by atoms with van der Waals surface area (Å²) in [7, 11) is 0. The number of aliphatic hydroxyl groups excluding tert-OH is 2. The first-order valence-electron chi connectivity index (χ1n) is 9.65. The van der Waals surface area contributed by atoms with Crippen LogP contribution in [-0.2, 0) is 9.59 Å². The molecule has 3 fully saturated rings. The summed E-state index contributed by atoms with van der Waals surface area (Å²) < 4.78 is 0. The fourth-order valence-electron chi connectivity index (χ4n) is 6.76. The topological polar surface area (TPSA) is 94.8 Å². The van der Waals surface area contributed by atoms with E-state index in [-0.39, 0.29) is 35.7 Å². The van der Waals surface area contributed by atoms with Crippen molar-refractivity contribution in [2.45, 2.75) is 57.7 Å². The molecule has 0 aliphatic heterocycles. The van der Waals surface area contributed by atoms with Crippen LogP contribution in [0, 0.1) is 28.6 Å². The lowest BCUT2D eigenvalue weighted by Crippen LogP contribution is -2.61. The number of fused-ring (bicyclic) bond motifs is 5. The predicted molar refractivity (Wildman–Crippen MR) is 95.0 cm³/mol. The van der Waals surface area contributed by atoms with E-state index >= 15 is 0 Å². The molecule has 3 N–H and O–H groups in total. The normalized spacial score (nSPS) is 48.5. The number of carbonyl (C=O) groups is 2. The Morgan fingerprint density at radius 3 is 2.69 bits per heavy atom. The number of aliphatic hydroxyl groups is 3. The van der Waals surface area contributed by atoms with Crippen molar-refractivity contribution in [2.24, 2.45) is 28.6 Å². The Balaban J connectivity index is 1.75. The minimum absolute atomic E-state index is 0.00895. The molecular formula is C21H28O5. The van der Waals surface area contributed by atoms with Crippen LogP contribution < -0.4 is 0 Å². The maximum absolute atomic E-state index is 13.3. The second kappa shape index (κ2) is 5.60. The summed E-state index contributed by atoms with van der Waals surface area (Å²) in [6.45, 7) is 3.46. The summed E-state index contributed by atoms with van der Waals surface area (Å²) in [5.41, 5.74) is -1.53. The zero-order valence-corrected chi connectivity index (χ0v) is 15.4. The van der Waals surface area contributed by atoms with Crippen LogP contribution in [0.2, 0.25) is 0 Å². The van der Waals surface area contributed by atoms with E-state index in [0.29, 0.717) is 6.42 Å². The molecule has 5 heteroatoms. The third-order valence-corrected chi connectivity index (χ3v) is 8.20. The van der Waals surface area contributed by atoms with Crippen molar-refractivity contribution in [2.75, 3.05) is 6.61 Å². The van der Waals surface area contributed by atoms with Gasteiger partial charge in [0.1, 0.15) is 11.9 Å². The molecule has 0 spiro atoms. The Labute approximate surface area is 153 Å². The number of hydrogen-bond acceptors (Lipinski definition) is 5. The van der Waals surface area contributed by atoms with Crippen LogP contribution in [-0.4, -0.2) is 45.2 Å². The molecule has 0 heterocycles. The largest absolute Gasteiger partial charge is 0.394 e. The first-order chi connectivity index (χ1) is 12.2. The molecule has 0 saturated heterocycles. The minimum Gasteiger partial charge on any atom is -0.394 e. The first kappa shape index (κ1) is 18.1. The summed E-state index contributed by atoms with van der Waals surface area (Å²) in [6, 6.07) is 0. The molecule has 0 amide bonds.